The number of carbonyl (C=O) groups excluding carboxylic acids is 2. The summed E-state index contributed by atoms with van der Waals surface area (Å²) in [6, 6.07) is 1.89. The van der Waals surface area contributed by atoms with Crippen LogP contribution in [0.3, 0.4) is 0 Å². The number of hydrogen-bond acceptors (Lipinski definition) is 7. The van der Waals surface area contributed by atoms with Crippen molar-refractivity contribution < 1.29 is 14.3 Å². The van der Waals surface area contributed by atoms with Crippen molar-refractivity contribution in [3.8, 4) is 0 Å². The van der Waals surface area contributed by atoms with Crippen molar-refractivity contribution in [2.45, 2.75) is 53.2 Å². The molecule has 148 valence electrons. The van der Waals surface area contributed by atoms with Gasteiger partial charge >= 0.3 is 5.97 Å². The lowest BCUT2D eigenvalue weighted by molar-refractivity contribution is -0.114. The van der Waals surface area contributed by atoms with Gasteiger partial charge in [-0.15, -0.1) is 11.3 Å². The lowest BCUT2D eigenvalue weighted by Crippen LogP contribution is -2.10. The second-order valence-corrected chi connectivity index (χ2v) is 7.93. The summed E-state index contributed by atoms with van der Waals surface area (Å²) in [4.78, 5) is 32.8. The van der Waals surface area contributed by atoms with Gasteiger partial charge in [-0.1, -0.05) is 13.8 Å². The Bertz CT molecular complexity index is 1020. The summed E-state index contributed by atoms with van der Waals surface area (Å²) in [5.74, 6) is -0.489. The fraction of sp³-hybridized carbons (Fsp3) is 0.421. The first-order valence-electron chi connectivity index (χ1n) is 9.03. The zero-order chi connectivity index (χ0) is 20.4. The SMILES string of the molecule is CC(=O)Nc1nc(COC(=O)c2cc(C(C)C)nc3c2cnn3C(C)C)cs1. The smallest absolute Gasteiger partial charge is 0.339 e. The summed E-state index contributed by atoms with van der Waals surface area (Å²) in [5.41, 5.74) is 2.51. The highest BCUT2D eigenvalue weighted by molar-refractivity contribution is 7.13. The fourth-order valence-corrected chi connectivity index (χ4v) is 3.42. The largest absolute Gasteiger partial charge is 0.456 e. The van der Waals surface area contributed by atoms with Crippen LogP contribution in [0, 0.1) is 0 Å². The summed E-state index contributed by atoms with van der Waals surface area (Å²) in [6.07, 6.45) is 1.65. The molecule has 0 spiro atoms. The molecule has 9 heteroatoms. The lowest BCUT2D eigenvalue weighted by Gasteiger charge is -2.11. The number of fused-ring (bicyclic) bond motifs is 1. The van der Waals surface area contributed by atoms with Crippen molar-refractivity contribution in [3.63, 3.8) is 0 Å². The molecule has 8 nitrogen and oxygen atoms in total. The number of carbonyl (C=O) groups is 2. The second-order valence-electron chi connectivity index (χ2n) is 7.07. The van der Waals surface area contributed by atoms with E-state index in [1.54, 1.807) is 22.3 Å². The van der Waals surface area contributed by atoms with Gasteiger partial charge in [0, 0.05) is 24.0 Å². The molecule has 0 aromatic carbocycles. The maximum Gasteiger partial charge on any atom is 0.339 e. The van der Waals surface area contributed by atoms with Crippen LogP contribution in [0.2, 0.25) is 0 Å². The quantitative estimate of drug-likeness (QED) is 0.629. The summed E-state index contributed by atoms with van der Waals surface area (Å²) in [5, 5.41) is 9.88. The summed E-state index contributed by atoms with van der Waals surface area (Å²) < 4.78 is 7.28. The molecule has 1 N–H and O–H groups in total. The summed E-state index contributed by atoms with van der Waals surface area (Å²) >= 11 is 1.28. The Kier molecular flexibility index (Phi) is 5.73. The van der Waals surface area contributed by atoms with Crippen LogP contribution in [0.4, 0.5) is 5.13 Å². The second kappa shape index (κ2) is 8.05. The molecule has 0 unspecified atom stereocenters. The molecule has 0 radical (unpaired) electrons. The molecule has 0 atom stereocenters. The van der Waals surface area contributed by atoms with Crippen LogP contribution in [0.1, 0.15) is 68.3 Å². The predicted molar refractivity (Wildman–Crippen MR) is 108 cm³/mol. The zero-order valence-corrected chi connectivity index (χ0v) is 17.3. The highest BCUT2D eigenvalue weighted by Gasteiger charge is 2.20. The average Bonchev–Trinajstić information content (AvgIpc) is 3.24. The molecule has 3 aromatic heterocycles. The maximum atomic E-state index is 12.8. The van der Waals surface area contributed by atoms with Gasteiger partial charge in [0.25, 0.3) is 0 Å². The van der Waals surface area contributed by atoms with Gasteiger partial charge in [0.05, 0.1) is 22.8 Å². The number of aromatic nitrogens is 4. The standard InChI is InChI=1S/C19H23N5O3S/c1-10(2)16-6-14(15-7-20-24(11(3)4)17(15)23-16)18(26)27-8-13-9-28-19(22-13)21-12(5)25/h6-7,9-11H,8H2,1-5H3,(H,21,22,25). The molecule has 3 heterocycles. The first-order chi connectivity index (χ1) is 13.3. The van der Waals surface area contributed by atoms with Crippen molar-refractivity contribution in [1.82, 2.24) is 19.7 Å². The molecule has 3 rings (SSSR count). The molecule has 0 saturated carbocycles. The number of amides is 1. The normalized spacial score (nSPS) is 11.4. The van der Waals surface area contributed by atoms with Gasteiger partial charge in [-0.05, 0) is 25.8 Å². The molecule has 28 heavy (non-hydrogen) atoms. The number of nitrogens with zero attached hydrogens (tertiary/aromatic N) is 4. The Morgan fingerprint density at radius 1 is 1.25 bits per heavy atom. The number of ether oxygens (including phenoxy) is 1. The van der Waals surface area contributed by atoms with Crippen molar-refractivity contribution in [2.75, 3.05) is 5.32 Å². The van der Waals surface area contributed by atoms with E-state index in [2.05, 4.69) is 20.4 Å². The Labute approximate surface area is 166 Å². The average molecular weight is 401 g/mol. The first-order valence-corrected chi connectivity index (χ1v) is 9.91. The topological polar surface area (TPSA) is 99.0 Å². The van der Waals surface area contributed by atoms with E-state index in [-0.39, 0.29) is 24.5 Å². The van der Waals surface area contributed by atoms with Crippen LogP contribution >= 0.6 is 11.3 Å². The van der Waals surface area contributed by atoms with Crippen molar-refractivity contribution in [1.29, 1.82) is 0 Å². The van der Waals surface area contributed by atoms with Crippen LogP contribution in [-0.2, 0) is 16.1 Å². The van der Waals surface area contributed by atoms with E-state index in [1.807, 2.05) is 27.7 Å². The fourth-order valence-electron chi connectivity index (χ4n) is 2.68. The Morgan fingerprint density at radius 2 is 2.00 bits per heavy atom. The number of thiazole rings is 1. The van der Waals surface area contributed by atoms with Crippen molar-refractivity contribution >= 4 is 39.4 Å². The van der Waals surface area contributed by atoms with Crippen LogP contribution in [0.15, 0.2) is 17.6 Å². The van der Waals surface area contributed by atoms with Crippen LogP contribution in [-0.4, -0.2) is 31.6 Å². The molecule has 0 aliphatic rings. The highest BCUT2D eigenvalue weighted by Crippen LogP contribution is 2.25. The third-order valence-electron chi connectivity index (χ3n) is 4.07. The minimum atomic E-state index is -0.452. The molecule has 0 saturated heterocycles. The number of hydrogen-bond donors (Lipinski definition) is 1. The number of pyridine rings is 1. The van der Waals surface area contributed by atoms with Gasteiger partial charge in [-0.25, -0.2) is 19.4 Å². The number of anilines is 1. The van der Waals surface area contributed by atoms with Crippen LogP contribution in [0.25, 0.3) is 11.0 Å². The molecule has 0 aliphatic heterocycles. The predicted octanol–water partition coefficient (Wildman–Crippen LogP) is 3.91. The molecule has 0 aliphatic carbocycles. The maximum absolute atomic E-state index is 12.8. The van der Waals surface area contributed by atoms with E-state index in [1.165, 1.54) is 18.3 Å². The van der Waals surface area contributed by atoms with Crippen molar-refractivity contribution in [3.05, 3.63) is 34.6 Å². The Morgan fingerprint density at radius 3 is 2.64 bits per heavy atom. The minimum Gasteiger partial charge on any atom is -0.456 e. The van der Waals surface area contributed by atoms with Gasteiger partial charge in [0.2, 0.25) is 5.91 Å². The van der Waals surface area contributed by atoms with E-state index in [0.717, 1.165) is 5.69 Å². The van der Waals surface area contributed by atoms with Gasteiger partial charge < -0.3 is 10.1 Å². The number of nitrogens with one attached hydrogen (secondary N) is 1. The monoisotopic (exact) mass is 401 g/mol. The molecular formula is C19H23N5O3S. The Hall–Kier alpha value is -2.81. The van der Waals surface area contributed by atoms with Gasteiger partial charge in [-0.3, -0.25) is 4.79 Å². The van der Waals surface area contributed by atoms with Crippen LogP contribution < -0.4 is 5.32 Å². The van der Waals surface area contributed by atoms with E-state index in [0.29, 0.717) is 27.4 Å². The van der Waals surface area contributed by atoms with E-state index < -0.39 is 5.97 Å². The lowest BCUT2D eigenvalue weighted by atomic mass is 10.1. The molecule has 0 bridgehead atoms. The number of rotatable bonds is 6. The Balaban J connectivity index is 1.86. The molecule has 3 aromatic rings. The molecule has 1 amide bonds. The van der Waals surface area contributed by atoms with E-state index in [4.69, 9.17) is 4.74 Å². The van der Waals surface area contributed by atoms with Crippen LogP contribution in [0.5, 0.6) is 0 Å². The summed E-state index contributed by atoms with van der Waals surface area (Å²) in [6.45, 7) is 9.52. The third-order valence-corrected chi connectivity index (χ3v) is 4.88. The summed E-state index contributed by atoms with van der Waals surface area (Å²) in [7, 11) is 0. The van der Waals surface area contributed by atoms with Gasteiger partial charge in [0.15, 0.2) is 10.8 Å². The number of esters is 1. The van der Waals surface area contributed by atoms with Crippen molar-refractivity contribution in [2.24, 2.45) is 0 Å². The molecular weight excluding hydrogens is 378 g/mol. The van der Waals surface area contributed by atoms with Gasteiger partial charge in [-0.2, -0.15) is 5.10 Å². The van der Waals surface area contributed by atoms with E-state index >= 15 is 0 Å². The molecule has 0 fully saturated rings. The minimum absolute atomic E-state index is 0.0219. The van der Waals surface area contributed by atoms with Gasteiger partial charge in [0.1, 0.15) is 6.61 Å². The van der Waals surface area contributed by atoms with E-state index in [9.17, 15) is 9.59 Å². The highest BCUT2D eigenvalue weighted by atomic mass is 32.1. The third kappa shape index (κ3) is 4.19. The zero-order valence-electron chi connectivity index (χ0n) is 16.5. The first kappa shape index (κ1) is 19.9.